The molecule has 1 unspecified atom stereocenters. The van der Waals surface area contributed by atoms with Gasteiger partial charge in [-0.15, -0.1) is 0 Å². The lowest BCUT2D eigenvalue weighted by atomic mass is 10.0. The summed E-state index contributed by atoms with van der Waals surface area (Å²) >= 11 is 3.45. The van der Waals surface area contributed by atoms with Crippen LogP contribution in [0.1, 0.15) is 12.0 Å². The van der Waals surface area contributed by atoms with Gasteiger partial charge in [0.05, 0.1) is 12.7 Å². The second-order valence-electron chi connectivity index (χ2n) is 4.21. The molecule has 0 aliphatic carbocycles. The van der Waals surface area contributed by atoms with Crippen molar-refractivity contribution in [2.45, 2.75) is 18.9 Å². The zero-order chi connectivity index (χ0) is 12.1. The Hall–Kier alpha value is -0.710. The number of benzene rings is 1. The highest BCUT2D eigenvalue weighted by Gasteiger charge is 2.17. The molecule has 1 heterocycles. The molecule has 0 bridgehead atoms. The van der Waals surface area contributed by atoms with Gasteiger partial charge in [-0.1, -0.05) is 34.1 Å². The first-order chi connectivity index (χ1) is 8.25. The number of halogens is 1. The number of morpholine rings is 1. The first kappa shape index (κ1) is 12.7. The van der Waals surface area contributed by atoms with Crippen molar-refractivity contribution in [3.05, 3.63) is 34.3 Å². The molecule has 1 saturated heterocycles. The Kier molecular flexibility index (Phi) is 4.71. The van der Waals surface area contributed by atoms with E-state index in [1.54, 1.807) is 0 Å². The third-order valence-corrected chi connectivity index (χ3v) is 3.58. The zero-order valence-corrected chi connectivity index (χ0v) is 11.2. The Morgan fingerprint density at radius 3 is 3.00 bits per heavy atom. The maximum absolute atomic E-state index is 11.9. The first-order valence-corrected chi connectivity index (χ1v) is 6.62. The standard InChI is InChI=1S/C13H16BrNO2/c14-13-4-2-1-3-10(13)7-11(16)8-12-9-15-5-6-17-12/h1-4,12,15H,5-9H2. The van der Waals surface area contributed by atoms with Crippen molar-refractivity contribution in [2.75, 3.05) is 19.7 Å². The van der Waals surface area contributed by atoms with Crippen LogP contribution in [0.3, 0.4) is 0 Å². The van der Waals surface area contributed by atoms with Crippen molar-refractivity contribution in [1.29, 1.82) is 0 Å². The topological polar surface area (TPSA) is 38.3 Å². The van der Waals surface area contributed by atoms with Gasteiger partial charge in [0.2, 0.25) is 0 Å². The summed E-state index contributed by atoms with van der Waals surface area (Å²) in [6.07, 6.45) is 1.01. The summed E-state index contributed by atoms with van der Waals surface area (Å²) in [5.74, 6) is 0.227. The second-order valence-corrected chi connectivity index (χ2v) is 5.06. The van der Waals surface area contributed by atoms with Crippen molar-refractivity contribution < 1.29 is 9.53 Å². The van der Waals surface area contributed by atoms with E-state index >= 15 is 0 Å². The van der Waals surface area contributed by atoms with E-state index in [1.165, 1.54) is 0 Å². The van der Waals surface area contributed by atoms with Gasteiger partial charge in [-0.2, -0.15) is 0 Å². The first-order valence-electron chi connectivity index (χ1n) is 5.83. The largest absolute Gasteiger partial charge is 0.375 e. The minimum atomic E-state index is 0.0405. The second kappa shape index (κ2) is 6.28. The van der Waals surface area contributed by atoms with Crippen LogP contribution in [0.15, 0.2) is 28.7 Å². The lowest BCUT2D eigenvalue weighted by molar-refractivity contribution is -0.121. The molecule has 1 aromatic carbocycles. The molecule has 1 aromatic rings. The van der Waals surface area contributed by atoms with Crippen molar-refractivity contribution in [3.8, 4) is 0 Å². The van der Waals surface area contributed by atoms with Gasteiger partial charge in [0.15, 0.2) is 0 Å². The predicted octanol–water partition coefficient (Wildman–Crippen LogP) is 1.94. The number of ketones is 1. The Morgan fingerprint density at radius 2 is 2.29 bits per heavy atom. The van der Waals surface area contributed by atoms with Crippen molar-refractivity contribution >= 4 is 21.7 Å². The van der Waals surface area contributed by atoms with Crippen molar-refractivity contribution in [3.63, 3.8) is 0 Å². The van der Waals surface area contributed by atoms with E-state index in [-0.39, 0.29) is 11.9 Å². The summed E-state index contributed by atoms with van der Waals surface area (Å²) in [6.45, 7) is 2.36. The molecular weight excluding hydrogens is 282 g/mol. The number of nitrogens with one attached hydrogen (secondary N) is 1. The molecule has 1 aliphatic rings. The maximum atomic E-state index is 11.9. The number of ether oxygens (including phenoxy) is 1. The van der Waals surface area contributed by atoms with Gasteiger partial charge in [-0.05, 0) is 11.6 Å². The molecule has 0 aromatic heterocycles. The van der Waals surface area contributed by atoms with Crippen LogP contribution >= 0.6 is 15.9 Å². The maximum Gasteiger partial charge on any atom is 0.139 e. The monoisotopic (exact) mass is 297 g/mol. The number of carbonyl (C=O) groups excluding carboxylic acids is 1. The lowest BCUT2D eigenvalue weighted by Crippen LogP contribution is -2.39. The SMILES string of the molecule is O=C(Cc1ccccc1Br)CC1CNCCO1. The Labute approximate surface area is 110 Å². The number of hydrogen-bond donors (Lipinski definition) is 1. The summed E-state index contributed by atoms with van der Waals surface area (Å²) in [5, 5.41) is 3.23. The van der Waals surface area contributed by atoms with Gasteiger partial charge in [0.25, 0.3) is 0 Å². The van der Waals surface area contributed by atoms with Crippen LogP contribution in [0.25, 0.3) is 0 Å². The molecule has 2 rings (SSSR count). The summed E-state index contributed by atoms with van der Waals surface area (Å²) in [7, 11) is 0. The Balaban J connectivity index is 1.86. The fraction of sp³-hybridized carbons (Fsp3) is 0.462. The van der Waals surface area contributed by atoms with E-state index < -0.39 is 0 Å². The highest BCUT2D eigenvalue weighted by Crippen LogP contribution is 2.17. The smallest absolute Gasteiger partial charge is 0.139 e. The van der Waals surface area contributed by atoms with Gasteiger partial charge >= 0.3 is 0 Å². The fourth-order valence-corrected chi connectivity index (χ4v) is 2.36. The summed E-state index contributed by atoms with van der Waals surface area (Å²) in [6, 6.07) is 7.83. The quantitative estimate of drug-likeness (QED) is 0.923. The molecule has 1 fully saturated rings. The van der Waals surface area contributed by atoms with E-state index in [0.717, 1.165) is 23.1 Å². The average molecular weight is 298 g/mol. The molecule has 17 heavy (non-hydrogen) atoms. The van der Waals surface area contributed by atoms with E-state index in [0.29, 0.717) is 19.4 Å². The van der Waals surface area contributed by atoms with E-state index in [2.05, 4.69) is 21.2 Å². The molecule has 0 saturated carbocycles. The van der Waals surface area contributed by atoms with Gasteiger partial charge < -0.3 is 10.1 Å². The zero-order valence-electron chi connectivity index (χ0n) is 9.62. The van der Waals surface area contributed by atoms with Crippen LogP contribution < -0.4 is 5.32 Å². The molecule has 1 atom stereocenters. The normalized spacial score (nSPS) is 20.2. The molecule has 92 valence electrons. The number of hydrogen-bond acceptors (Lipinski definition) is 3. The number of carbonyl (C=O) groups is 1. The van der Waals surface area contributed by atoms with Crippen LogP contribution in [-0.4, -0.2) is 31.6 Å². The van der Waals surface area contributed by atoms with Crippen LogP contribution in [0, 0.1) is 0 Å². The van der Waals surface area contributed by atoms with Gasteiger partial charge in [-0.25, -0.2) is 0 Å². The third-order valence-electron chi connectivity index (χ3n) is 2.81. The molecule has 4 heteroatoms. The summed E-state index contributed by atoms with van der Waals surface area (Å²) < 4.78 is 6.52. The molecule has 0 radical (unpaired) electrons. The average Bonchev–Trinajstić information content (AvgIpc) is 2.33. The molecule has 0 spiro atoms. The molecular formula is C13H16BrNO2. The van der Waals surface area contributed by atoms with Gasteiger partial charge in [0.1, 0.15) is 5.78 Å². The molecule has 0 amide bonds. The Bertz CT molecular complexity index is 389. The lowest BCUT2D eigenvalue weighted by Gasteiger charge is -2.22. The van der Waals surface area contributed by atoms with Crippen LogP contribution in [0.4, 0.5) is 0 Å². The molecule has 3 nitrogen and oxygen atoms in total. The minimum Gasteiger partial charge on any atom is -0.375 e. The van der Waals surface area contributed by atoms with E-state index in [4.69, 9.17) is 4.74 Å². The minimum absolute atomic E-state index is 0.0405. The predicted molar refractivity (Wildman–Crippen MR) is 70.1 cm³/mol. The Morgan fingerprint density at radius 1 is 1.47 bits per heavy atom. The molecule has 1 aliphatic heterocycles. The van der Waals surface area contributed by atoms with Crippen LogP contribution in [0.5, 0.6) is 0 Å². The van der Waals surface area contributed by atoms with Gasteiger partial charge in [0, 0.05) is 30.4 Å². The molecule has 1 N–H and O–H groups in total. The van der Waals surface area contributed by atoms with Crippen molar-refractivity contribution in [2.24, 2.45) is 0 Å². The number of rotatable bonds is 4. The fourth-order valence-electron chi connectivity index (χ4n) is 1.93. The van der Waals surface area contributed by atoms with E-state index in [9.17, 15) is 4.79 Å². The highest BCUT2D eigenvalue weighted by molar-refractivity contribution is 9.10. The summed E-state index contributed by atoms with van der Waals surface area (Å²) in [5.41, 5.74) is 1.04. The summed E-state index contributed by atoms with van der Waals surface area (Å²) in [4.78, 5) is 11.9. The van der Waals surface area contributed by atoms with E-state index in [1.807, 2.05) is 24.3 Å². The van der Waals surface area contributed by atoms with Crippen LogP contribution in [-0.2, 0) is 16.0 Å². The van der Waals surface area contributed by atoms with Crippen molar-refractivity contribution in [1.82, 2.24) is 5.32 Å². The highest BCUT2D eigenvalue weighted by atomic mass is 79.9. The van der Waals surface area contributed by atoms with Crippen LogP contribution in [0.2, 0.25) is 0 Å². The third kappa shape index (κ3) is 3.91. The number of Topliss-reactive ketones (excluding diaryl/α,β-unsaturated/α-hetero) is 1. The van der Waals surface area contributed by atoms with Gasteiger partial charge in [-0.3, -0.25) is 4.79 Å².